The van der Waals surface area contributed by atoms with Gasteiger partial charge in [-0.2, -0.15) is 0 Å². The highest BCUT2D eigenvalue weighted by Crippen LogP contribution is 2.40. The molecule has 0 amide bonds. The van der Waals surface area contributed by atoms with E-state index in [4.69, 9.17) is 25.4 Å². The summed E-state index contributed by atoms with van der Waals surface area (Å²) in [6.45, 7) is -0.289. The van der Waals surface area contributed by atoms with Crippen LogP contribution in [0.1, 0.15) is 6.42 Å². The number of ether oxygens (including phenoxy) is 1. The highest BCUT2D eigenvalue weighted by atomic mass is 31.2. The lowest BCUT2D eigenvalue weighted by atomic mass is 10.2. The zero-order valence-corrected chi connectivity index (χ0v) is 7.63. The molecule has 13 heavy (non-hydrogen) atoms. The van der Waals surface area contributed by atoms with Crippen LogP contribution in [0.5, 0.6) is 0 Å². The fraction of sp³-hybridized carbons (Fsp3) is 1.00. The fourth-order valence-corrected chi connectivity index (χ4v) is 1.57. The molecule has 3 atom stereocenters. The van der Waals surface area contributed by atoms with Gasteiger partial charge in [0.1, 0.15) is 0 Å². The molecule has 1 aliphatic rings. The molecule has 1 rings (SSSR count). The van der Waals surface area contributed by atoms with Crippen LogP contribution < -0.4 is 5.73 Å². The van der Waals surface area contributed by atoms with E-state index in [9.17, 15) is 4.57 Å². The minimum atomic E-state index is -4.54. The second-order valence-electron chi connectivity index (χ2n) is 2.78. The predicted octanol–water partition coefficient (Wildman–Crippen LogP) is -1.47. The number of rotatable bonds is 3. The third-order valence-electron chi connectivity index (χ3n) is 1.70. The highest BCUT2D eigenvalue weighted by molar-refractivity contribution is 7.46. The molecule has 8 heteroatoms. The molecule has 0 saturated carbocycles. The van der Waals surface area contributed by atoms with Crippen LogP contribution in [0.15, 0.2) is 0 Å². The molecule has 78 valence electrons. The number of aliphatic hydroxyl groups excluding tert-OH is 1. The van der Waals surface area contributed by atoms with Crippen LogP contribution in [-0.2, 0) is 13.8 Å². The maximum atomic E-state index is 10.4. The number of hydrogen-bond acceptors (Lipinski definition) is 5. The largest absolute Gasteiger partial charge is 0.471 e. The Morgan fingerprint density at radius 3 is 2.62 bits per heavy atom. The van der Waals surface area contributed by atoms with Crippen molar-refractivity contribution in [2.45, 2.75) is 24.9 Å². The van der Waals surface area contributed by atoms with Crippen LogP contribution in [0.2, 0.25) is 0 Å². The summed E-state index contributed by atoms with van der Waals surface area (Å²) in [5, 5.41) is 8.70. The van der Waals surface area contributed by atoms with Gasteiger partial charge in [0.25, 0.3) is 0 Å². The van der Waals surface area contributed by atoms with Gasteiger partial charge >= 0.3 is 7.82 Å². The number of aliphatic hydroxyl groups is 1. The van der Waals surface area contributed by atoms with Gasteiger partial charge in [0.2, 0.25) is 0 Å². The molecule has 0 aromatic heterocycles. The summed E-state index contributed by atoms with van der Waals surface area (Å²) in [6.07, 6.45) is -1.49. The van der Waals surface area contributed by atoms with Crippen LogP contribution in [0, 0.1) is 0 Å². The quantitative estimate of drug-likeness (QED) is 0.422. The van der Waals surface area contributed by atoms with Crippen LogP contribution in [0.3, 0.4) is 0 Å². The first-order valence-corrected chi connectivity index (χ1v) is 5.21. The standard InChI is InChI=1S/C5H12NO6P/c6-3-1-5(11-4(3)2-7)12-13(8,9)10/h3-5,7H,1-2,6H2,(H2,8,9,10). The van der Waals surface area contributed by atoms with Gasteiger partial charge in [-0.15, -0.1) is 0 Å². The number of nitrogens with two attached hydrogens (primary N) is 1. The first-order chi connectivity index (χ1) is 5.92. The lowest BCUT2D eigenvalue weighted by molar-refractivity contribution is -0.0961. The lowest BCUT2D eigenvalue weighted by Gasteiger charge is -2.12. The van der Waals surface area contributed by atoms with Gasteiger partial charge in [0.05, 0.1) is 12.7 Å². The SMILES string of the molecule is NC1CC(OP(=O)(O)O)OC1CO. The fourth-order valence-electron chi connectivity index (χ4n) is 1.12. The van der Waals surface area contributed by atoms with E-state index in [1.54, 1.807) is 0 Å². The van der Waals surface area contributed by atoms with Crippen molar-refractivity contribution in [2.75, 3.05) is 6.61 Å². The van der Waals surface area contributed by atoms with E-state index in [0.29, 0.717) is 0 Å². The minimum absolute atomic E-state index is 0.163. The van der Waals surface area contributed by atoms with Crippen LogP contribution in [0.25, 0.3) is 0 Å². The monoisotopic (exact) mass is 213 g/mol. The average molecular weight is 213 g/mol. The van der Waals surface area contributed by atoms with Crippen molar-refractivity contribution < 1.29 is 28.7 Å². The van der Waals surface area contributed by atoms with Gasteiger partial charge in [0.15, 0.2) is 6.29 Å². The summed E-state index contributed by atoms with van der Waals surface area (Å²) in [4.78, 5) is 16.9. The third kappa shape index (κ3) is 3.32. The van der Waals surface area contributed by atoms with Crippen molar-refractivity contribution in [1.29, 1.82) is 0 Å². The van der Waals surface area contributed by atoms with Crippen molar-refractivity contribution >= 4 is 7.82 Å². The van der Waals surface area contributed by atoms with E-state index in [1.165, 1.54) is 0 Å². The summed E-state index contributed by atoms with van der Waals surface area (Å²) in [5.41, 5.74) is 5.48. The second-order valence-corrected chi connectivity index (χ2v) is 3.97. The van der Waals surface area contributed by atoms with E-state index < -0.39 is 26.3 Å². The van der Waals surface area contributed by atoms with Crippen molar-refractivity contribution in [3.05, 3.63) is 0 Å². The van der Waals surface area contributed by atoms with E-state index in [-0.39, 0.29) is 13.0 Å². The molecule has 0 aromatic carbocycles. The van der Waals surface area contributed by atoms with Crippen molar-refractivity contribution in [3.8, 4) is 0 Å². The Balaban J connectivity index is 2.45. The molecule has 1 aliphatic heterocycles. The van der Waals surface area contributed by atoms with Crippen LogP contribution in [0.4, 0.5) is 0 Å². The number of phosphoric ester groups is 1. The summed E-state index contributed by atoms with van der Waals surface area (Å²) in [7, 11) is -4.54. The molecule has 5 N–H and O–H groups in total. The number of phosphoric acid groups is 1. The summed E-state index contributed by atoms with van der Waals surface area (Å²) < 4.78 is 19.5. The molecule has 1 heterocycles. The molecule has 0 spiro atoms. The van der Waals surface area contributed by atoms with Gasteiger partial charge < -0.3 is 25.4 Å². The van der Waals surface area contributed by atoms with Crippen LogP contribution >= 0.6 is 7.82 Å². The smallest absolute Gasteiger partial charge is 0.394 e. The van der Waals surface area contributed by atoms with E-state index >= 15 is 0 Å². The van der Waals surface area contributed by atoms with Crippen molar-refractivity contribution in [2.24, 2.45) is 5.73 Å². The Bertz CT molecular complexity index is 217. The Kier molecular flexibility index (Phi) is 3.42. The second kappa shape index (κ2) is 4.02. The van der Waals surface area contributed by atoms with Gasteiger partial charge in [-0.25, -0.2) is 4.57 Å². The van der Waals surface area contributed by atoms with Crippen molar-refractivity contribution in [3.63, 3.8) is 0 Å². The summed E-state index contributed by atoms with van der Waals surface area (Å²) in [5.74, 6) is 0. The summed E-state index contributed by atoms with van der Waals surface area (Å²) >= 11 is 0. The summed E-state index contributed by atoms with van der Waals surface area (Å²) in [6, 6.07) is -0.457. The van der Waals surface area contributed by atoms with Crippen LogP contribution in [-0.4, -0.2) is 39.9 Å². The highest BCUT2D eigenvalue weighted by Gasteiger charge is 2.36. The third-order valence-corrected chi connectivity index (χ3v) is 2.21. The van der Waals surface area contributed by atoms with Gasteiger partial charge in [-0.3, -0.25) is 4.52 Å². The molecule has 1 fully saturated rings. The number of hydrogen-bond donors (Lipinski definition) is 4. The molecular formula is C5H12NO6P. The van der Waals surface area contributed by atoms with E-state index in [0.717, 1.165) is 0 Å². The molecule has 0 bridgehead atoms. The van der Waals surface area contributed by atoms with E-state index in [2.05, 4.69) is 4.52 Å². The Morgan fingerprint density at radius 2 is 2.23 bits per heavy atom. The van der Waals surface area contributed by atoms with Gasteiger partial charge in [0, 0.05) is 12.5 Å². The first kappa shape index (κ1) is 11.1. The molecule has 0 aliphatic carbocycles. The van der Waals surface area contributed by atoms with Gasteiger partial charge in [-0.1, -0.05) is 0 Å². The lowest BCUT2D eigenvalue weighted by Crippen LogP contribution is -2.32. The predicted molar refractivity (Wildman–Crippen MR) is 41.5 cm³/mol. The van der Waals surface area contributed by atoms with E-state index in [1.807, 2.05) is 0 Å². The Labute approximate surface area is 74.7 Å². The minimum Gasteiger partial charge on any atom is -0.394 e. The first-order valence-electron chi connectivity index (χ1n) is 3.68. The molecule has 0 radical (unpaired) electrons. The molecule has 0 aromatic rings. The maximum Gasteiger partial charge on any atom is 0.471 e. The molecule has 3 unspecified atom stereocenters. The zero-order chi connectivity index (χ0) is 10.1. The molecule has 1 saturated heterocycles. The maximum absolute atomic E-state index is 10.4. The Hall–Kier alpha value is -0.0100. The normalized spacial score (nSPS) is 35.2. The van der Waals surface area contributed by atoms with Gasteiger partial charge in [-0.05, 0) is 0 Å². The Morgan fingerprint density at radius 1 is 1.62 bits per heavy atom. The molecular weight excluding hydrogens is 201 g/mol. The average Bonchev–Trinajstić information content (AvgIpc) is 2.26. The van der Waals surface area contributed by atoms with Crippen molar-refractivity contribution in [1.82, 2.24) is 0 Å². The topological polar surface area (TPSA) is 122 Å². The zero-order valence-electron chi connectivity index (χ0n) is 6.74. The molecule has 7 nitrogen and oxygen atoms in total.